The first-order chi connectivity index (χ1) is 9.43. The average molecular weight is 342 g/mol. The highest BCUT2D eigenvalue weighted by Crippen LogP contribution is 2.30. The molecular formula is C13H16BrN3O3. The minimum atomic E-state index is -0.492. The first-order valence-electron chi connectivity index (χ1n) is 6.16. The molecule has 0 heterocycles. The lowest BCUT2D eigenvalue weighted by molar-refractivity contribution is -0.385. The molecule has 0 aliphatic carbocycles. The second-order valence-corrected chi connectivity index (χ2v) is 5.43. The molecule has 0 bridgehead atoms. The van der Waals surface area contributed by atoms with Crippen molar-refractivity contribution in [3.8, 4) is 11.8 Å². The second kappa shape index (κ2) is 7.82. The van der Waals surface area contributed by atoms with E-state index in [0.717, 1.165) is 0 Å². The summed E-state index contributed by atoms with van der Waals surface area (Å²) in [4.78, 5) is 10.4. The summed E-state index contributed by atoms with van der Waals surface area (Å²) in [5, 5.41) is 23.0. The van der Waals surface area contributed by atoms with Gasteiger partial charge in [-0.1, -0.05) is 15.9 Å². The van der Waals surface area contributed by atoms with Crippen LogP contribution in [0.3, 0.4) is 0 Å². The Bertz CT molecular complexity index is 514. The molecule has 20 heavy (non-hydrogen) atoms. The van der Waals surface area contributed by atoms with Crippen molar-refractivity contribution >= 4 is 21.6 Å². The van der Waals surface area contributed by atoms with Crippen LogP contribution in [-0.4, -0.2) is 23.6 Å². The van der Waals surface area contributed by atoms with Gasteiger partial charge in [0.2, 0.25) is 0 Å². The normalized spacial score (nSPS) is 11.9. The van der Waals surface area contributed by atoms with Gasteiger partial charge in [-0.2, -0.15) is 5.26 Å². The monoisotopic (exact) mass is 341 g/mol. The van der Waals surface area contributed by atoms with E-state index in [1.807, 2.05) is 13.8 Å². The van der Waals surface area contributed by atoms with Gasteiger partial charge in [0, 0.05) is 23.0 Å². The van der Waals surface area contributed by atoms with Crippen LogP contribution in [0.4, 0.5) is 5.69 Å². The van der Waals surface area contributed by atoms with Crippen LogP contribution in [0.5, 0.6) is 5.75 Å². The molecule has 1 aromatic carbocycles. The third-order valence-electron chi connectivity index (χ3n) is 2.47. The molecule has 0 saturated heterocycles. The Morgan fingerprint density at radius 3 is 2.80 bits per heavy atom. The minimum Gasteiger partial charge on any atom is -0.487 e. The molecule has 0 aliphatic heterocycles. The second-order valence-electron chi connectivity index (χ2n) is 4.51. The number of nitriles is 1. The van der Waals surface area contributed by atoms with Crippen LogP contribution in [-0.2, 0) is 0 Å². The lowest BCUT2D eigenvalue weighted by Gasteiger charge is -2.14. The zero-order chi connectivity index (χ0) is 15.1. The maximum Gasteiger partial charge on any atom is 0.312 e. The number of nitro groups is 1. The Balaban J connectivity index is 2.62. The molecule has 108 valence electrons. The molecule has 0 spiro atoms. The van der Waals surface area contributed by atoms with Crippen LogP contribution in [0, 0.1) is 21.4 Å². The number of hydrogen-bond acceptors (Lipinski definition) is 5. The number of nitrogens with one attached hydrogen (secondary N) is 1. The first kappa shape index (κ1) is 16.4. The van der Waals surface area contributed by atoms with Crippen molar-refractivity contribution in [1.29, 1.82) is 5.26 Å². The molecule has 1 rings (SSSR count). The predicted molar refractivity (Wildman–Crippen MR) is 78.6 cm³/mol. The molecule has 7 heteroatoms. The molecule has 6 nitrogen and oxygen atoms in total. The Hall–Kier alpha value is -1.65. The van der Waals surface area contributed by atoms with Crippen LogP contribution in [0.15, 0.2) is 22.7 Å². The van der Waals surface area contributed by atoms with Gasteiger partial charge in [0.1, 0.15) is 0 Å². The lowest BCUT2D eigenvalue weighted by atomic mass is 10.2. The summed E-state index contributed by atoms with van der Waals surface area (Å²) in [7, 11) is 0. The van der Waals surface area contributed by atoms with E-state index in [1.54, 1.807) is 12.1 Å². The number of nitro benzene ring substituents is 1. The maximum atomic E-state index is 10.9. The molecule has 0 amide bonds. The van der Waals surface area contributed by atoms with Crippen molar-refractivity contribution in [3.63, 3.8) is 0 Å². The van der Waals surface area contributed by atoms with E-state index in [-0.39, 0.29) is 30.1 Å². The fourth-order valence-electron chi connectivity index (χ4n) is 1.63. The third-order valence-corrected chi connectivity index (χ3v) is 2.97. The Kier molecular flexibility index (Phi) is 6.42. The SMILES string of the molecule is CC(C)NC(C#N)CCOc1ccc(Br)cc1[N+](=O)[O-]. The van der Waals surface area contributed by atoms with Gasteiger partial charge >= 0.3 is 5.69 Å². The van der Waals surface area contributed by atoms with E-state index in [0.29, 0.717) is 10.9 Å². The molecular weight excluding hydrogens is 326 g/mol. The van der Waals surface area contributed by atoms with Crippen LogP contribution < -0.4 is 10.1 Å². The van der Waals surface area contributed by atoms with Crippen molar-refractivity contribution in [2.75, 3.05) is 6.61 Å². The largest absolute Gasteiger partial charge is 0.487 e. The quantitative estimate of drug-likeness (QED) is 0.608. The lowest BCUT2D eigenvalue weighted by Crippen LogP contribution is -2.34. The summed E-state index contributed by atoms with van der Waals surface area (Å²) in [6.45, 7) is 4.13. The maximum absolute atomic E-state index is 10.9. The summed E-state index contributed by atoms with van der Waals surface area (Å²) in [5.41, 5.74) is -0.0929. The zero-order valence-corrected chi connectivity index (χ0v) is 12.9. The standard InChI is InChI=1S/C13H16BrN3O3/c1-9(2)16-11(8-15)5-6-20-13-4-3-10(14)7-12(13)17(18)19/h3-4,7,9,11,16H,5-6H2,1-2H3. The molecule has 1 atom stereocenters. The van der Waals surface area contributed by atoms with Gasteiger partial charge in [-0.25, -0.2) is 0 Å². The van der Waals surface area contributed by atoms with Gasteiger partial charge in [-0.15, -0.1) is 0 Å². The topological polar surface area (TPSA) is 88.2 Å². The van der Waals surface area contributed by atoms with Gasteiger partial charge in [0.05, 0.1) is 23.6 Å². The molecule has 0 fully saturated rings. The first-order valence-corrected chi connectivity index (χ1v) is 6.95. The fourth-order valence-corrected chi connectivity index (χ4v) is 1.98. The van der Waals surface area contributed by atoms with Crippen molar-refractivity contribution in [2.45, 2.75) is 32.4 Å². The van der Waals surface area contributed by atoms with Crippen molar-refractivity contribution in [2.24, 2.45) is 0 Å². The Labute approximate surface area is 126 Å². The number of hydrogen-bond donors (Lipinski definition) is 1. The molecule has 0 aromatic heterocycles. The summed E-state index contributed by atoms with van der Waals surface area (Å²) in [6, 6.07) is 6.61. The highest BCUT2D eigenvalue weighted by Gasteiger charge is 2.16. The average Bonchev–Trinajstić information content (AvgIpc) is 2.38. The van der Waals surface area contributed by atoms with Gasteiger partial charge in [0.15, 0.2) is 5.75 Å². The van der Waals surface area contributed by atoms with E-state index >= 15 is 0 Å². The zero-order valence-electron chi connectivity index (χ0n) is 11.3. The molecule has 1 unspecified atom stereocenters. The van der Waals surface area contributed by atoms with E-state index < -0.39 is 4.92 Å². The van der Waals surface area contributed by atoms with Crippen molar-refractivity contribution < 1.29 is 9.66 Å². The van der Waals surface area contributed by atoms with Gasteiger partial charge in [0.25, 0.3) is 0 Å². The van der Waals surface area contributed by atoms with Crippen LogP contribution in [0.1, 0.15) is 20.3 Å². The number of rotatable bonds is 7. The number of ether oxygens (including phenoxy) is 1. The Morgan fingerprint density at radius 1 is 1.55 bits per heavy atom. The van der Waals surface area contributed by atoms with Gasteiger partial charge in [-0.3, -0.25) is 15.4 Å². The van der Waals surface area contributed by atoms with Gasteiger partial charge in [-0.05, 0) is 26.0 Å². The third kappa shape index (κ3) is 5.15. The van der Waals surface area contributed by atoms with Crippen LogP contribution in [0.25, 0.3) is 0 Å². The smallest absolute Gasteiger partial charge is 0.312 e. The summed E-state index contributed by atoms with van der Waals surface area (Å²) >= 11 is 3.18. The number of nitrogens with zero attached hydrogens (tertiary/aromatic N) is 2. The predicted octanol–water partition coefficient (Wildman–Crippen LogP) is 3.02. The van der Waals surface area contributed by atoms with Crippen LogP contribution >= 0.6 is 15.9 Å². The van der Waals surface area contributed by atoms with Gasteiger partial charge < -0.3 is 4.74 Å². The minimum absolute atomic E-state index is 0.0929. The Morgan fingerprint density at radius 2 is 2.25 bits per heavy atom. The van der Waals surface area contributed by atoms with E-state index in [9.17, 15) is 10.1 Å². The summed E-state index contributed by atoms with van der Waals surface area (Å²) < 4.78 is 6.03. The van der Waals surface area contributed by atoms with Crippen LogP contribution in [0.2, 0.25) is 0 Å². The molecule has 0 saturated carbocycles. The highest BCUT2D eigenvalue weighted by molar-refractivity contribution is 9.10. The van der Waals surface area contributed by atoms with E-state index in [4.69, 9.17) is 10.00 Å². The van der Waals surface area contributed by atoms with E-state index in [2.05, 4.69) is 27.3 Å². The molecule has 1 aromatic rings. The summed E-state index contributed by atoms with van der Waals surface area (Å²) in [5.74, 6) is 0.208. The fraction of sp³-hybridized carbons (Fsp3) is 0.462. The van der Waals surface area contributed by atoms with E-state index in [1.165, 1.54) is 6.07 Å². The summed E-state index contributed by atoms with van der Waals surface area (Å²) in [6.07, 6.45) is 0.460. The highest BCUT2D eigenvalue weighted by atomic mass is 79.9. The van der Waals surface area contributed by atoms with Crippen molar-refractivity contribution in [3.05, 3.63) is 32.8 Å². The number of halogens is 1. The van der Waals surface area contributed by atoms with Crippen molar-refractivity contribution in [1.82, 2.24) is 5.32 Å². The molecule has 1 N–H and O–H groups in total. The molecule has 0 aliphatic rings. The number of benzene rings is 1. The molecule has 0 radical (unpaired) electrons.